The average molecular weight is 485 g/mol. The number of nitro groups is 1. The summed E-state index contributed by atoms with van der Waals surface area (Å²) in [6.07, 6.45) is 1.46. The van der Waals surface area contributed by atoms with Crippen LogP contribution in [0.25, 0.3) is 0 Å². The molecule has 35 heavy (non-hydrogen) atoms. The monoisotopic (exact) mass is 484 g/mol. The molecule has 2 N–H and O–H groups in total. The Morgan fingerprint density at radius 2 is 1.94 bits per heavy atom. The molecule has 0 saturated heterocycles. The van der Waals surface area contributed by atoms with Gasteiger partial charge in [-0.15, -0.1) is 5.10 Å². The van der Waals surface area contributed by atoms with Gasteiger partial charge in [0, 0.05) is 24.7 Å². The summed E-state index contributed by atoms with van der Waals surface area (Å²) in [5, 5.41) is 36.4. The lowest BCUT2D eigenvalue weighted by Gasteiger charge is -2.25. The van der Waals surface area contributed by atoms with Crippen LogP contribution in [0.5, 0.6) is 11.5 Å². The number of tetrazole rings is 1. The fourth-order valence-electron chi connectivity index (χ4n) is 3.74. The summed E-state index contributed by atoms with van der Waals surface area (Å²) in [5.41, 5.74) is 1.03. The highest BCUT2D eigenvalue weighted by molar-refractivity contribution is 5.68. The van der Waals surface area contributed by atoms with Crippen molar-refractivity contribution in [2.75, 3.05) is 14.2 Å². The van der Waals surface area contributed by atoms with Gasteiger partial charge in [0.25, 0.3) is 5.69 Å². The van der Waals surface area contributed by atoms with Gasteiger partial charge in [0.2, 0.25) is 0 Å². The minimum absolute atomic E-state index is 0.130. The highest BCUT2D eigenvalue weighted by Crippen LogP contribution is 2.34. The molecule has 3 rings (SSSR count). The van der Waals surface area contributed by atoms with Crippen molar-refractivity contribution in [1.82, 2.24) is 25.5 Å². The number of aromatic nitrogens is 4. The molecule has 1 heterocycles. The number of hydrogen-bond donors (Lipinski definition) is 2. The van der Waals surface area contributed by atoms with Gasteiger partial charge < -0.3 is 14.6 Å². The molecule has 0 spiro atoms. The molecule has 0 radical (unpaired) electrons. The van der Waals surface area contributed by atoms with Crippen molar-refractivity contribution < 1.29 is 24.3 Å². The van der Waals surface area contributed by atoms with Crippen molar-refractivity contribution in [2.24, 2.45) is 0 Å². The van der Waals surface area contributed by atoms with E-state index >= 15 is 0 Å². The van der Waals surface area contributed by atoms with Gasteiger partial charge in [-0.2, -0.15) is 0 Å². The van der Waals surface area contributed by atoms with Gasteiger partial charge in [0.15, 0.2) is 17.3 Å². The number of rotatable bonds is 13. The Kier molecular flexibility index (Phi) is 8.68. The van der Waals surface area contributed by atoms with Gasteiger partial charge in [-0.05, 0) is 40.1 Å². The average Bonchev–Trinajstić information content (AvgIpc) is 3.32. The van der Waals surface area contributed by atoms with Crippen LogP contribution in [0.15, 0.2) is 42.5 Å². The first-order chi connectivity index (χ1) is 16.9. The molecule has 186 valence electrons. The van der Waals surface area contributed by atoms with Gasteiger partial charge >= 0.3 is 5.97 Å². The normalized spacial score (nSPS) is 12.7. The fourth-order valence-corrected chi connectivity index (χ4v) is 3.74. The van der Waals surface area contributed by atoms with Crippen LogP contribution in [0, 0.1) is 10.1 Å². The standard InChI is InChI=1S/C23H28N6O6/c1-4-5-11-28-23(25-26-27-28)22(16-9-10-19(34-2)20(13-16)35-3)24-18(14-21(30)31)15-7-6-8-17(12-15)29(32)33/h6-10,12-13,18,22,24H,4-5,11,14H2,1-3H3,(H,30,31). The Balaban J connectivity index is 2.10. The molecular weight excluding hydrogens is 456 g/mol. The van der Waals surface area contributed by atoms with Crippen LogP contribution in [0.1, 0.15) is 55.2 Å². The minimum Gasteiger partial charge on any atom is -0.493 e. The Bertz CT molecular complexity index is 1170. The Labute approximate surface area is 202 Å². The van der Waals surface area contributed by atoms with Gasteiger partial charge in [-0.3, -0.25) is 20.2 Å². The molecule has 2 aromatic carbocycles. The van der Waals surface area contributed by atoms with Crippen LogP contribution in [0.4, 0.5) is 5.69 Å². The number of nitro benzene ring substituents is 1. The molecule has 0 amide bonds. The largest absolute Gasteiger partial charge is 0.493 e. The lowest BCUT2D eigenvalue weighted by atomic mass is 9.98. The number of carboxylic acid groups (broad SMARTS) is 1. The summed E-state index contributed by atoms with van der Waals surface area (Å²) in [5.74, 6) is 0.424. The van der Waals surface area contributed by atoms with E-state index < -0.39 is 23.0 Å². The van der Waals surface area contributed by atoms with Gasteiger partial charge in [0.05, 0.1) is 31.6 Å². The Hall–Kier alpha value is -4.06. The lowest BCUT2D eigenvalue weighted by Crippen LogP contribution is -2.31. The zero-order chi connectivity index (χ0) is 25.4. The fraction of sp³-hybridized carbons (Fsp3) is 0.391. The van der Waals surface area contributed by atoms with Crippen LogP contribution < -0.4 is 14.8 Å². The molecule has 0 fully saturated rings. The first kappa shape index (κ1) is 25.6. The summed E-state index contributed by atoms with van der Waals surface area (Å²) in [7, 11) is 3.05. The van der Waals surface area contributed by atoms with Gasteiger partial charge in [-0.25, -0.2) is 4.68 Å². The minimum atomic E-state index is -1.06. The van der Waals surface area contributed by atoms with E-state index in [1.807, 2.05) is 6.07 Å². The maximum absolute atomic E-state index is 11.7. The van der Waals surface area contributed by atoms with Gasteiger partial charge in [-0.1, -0.05) is 31.5 Å². The molecule has 2 unspecified atom stereocenters. The first-order valence-corrected chi connectivity index (χ1v) is 11.1. The number of hydrogen-bond acceptors (Lipinski definition) is 9. The first-order valence-electron chi connectivity index (χ1n) is 11.1. The zero-order valence-corrected chi connectivity index (χ0v) is 19.7. The number of ether oxygens (including phenoxy) is 2. The van der Waals surface area contributed by atoms with Crippen LogP contribution >= 0.6 is 0 Å². The van der Waals surface area contributed by atoms with Crippen LogP contribution in [0.3, 0.4) is 0 Å². The predicted octanol–water partition coefficient (Wildman–Crippen LogP) is 3.29. The van der Waals surface area contributed by atoms with E-state index in [1.165, 1.54) is 32.4 Å². The third kappa shape index (κ3) is 6.29. The molecule has 0 aliphatic carbocycles. The molecule has 3 aromatic rings. The number of nitrogens with zero attached hydrogens (tertiary/aromatic N) is 5. The number of carbonyl (C=O) groups is 1. The Morgan fingerprint density at radius 1 is 1.17 bits per heavy atom. The van der Waals surface area contributed by atoms with Gasteiger partial charge in [0.1, 0.15) is 0 Å². The Morgan fingerprint density at radius 3 is 2.60 bits per heavy atom. The molecule has 12 nitrogen and oxygen atoms in total. The van der Waals surface area contributed by atoms with Crippen LogP contribution in [0.2, 0.25) is 0 Å². The highest BCUT2D eigenvalue weighted by atomic mass is 16.6. The predicted molar refractivity (Wildman–Crippen MR) is 125 cm³/mol. The third-order valence-electron chi connectivity index (χ3n) is 5.51. The van der Waals surface area contributed by atoms with Crippen molar-refractivity contribution in [3.05, 3.63) is 69.5 Å². The molecule has 0 aliphatic heterocycles. The van der Waals surface area contributed by atoms with E-state index in [1.54, 1.807) is 22.9 Å². The molecule has 2 atom stereocenters. The van der Waals surface area contributed by atoms with Crippen molar-refractivity contribution in [1.29, 1.82) is 0 Å². The van der Waals surface area contributed by atoms with Crippen molar-refractivity contribution in [3.63, 3.8) is 0 Å². The molecule has 12 heteroatoms. The number of non-ortho nitro benzene ring substituents is 1. The smallest absolute Gasteiger partial charge is 0.305 e. The summed E-state index contributed by atoms with van der Waals surface area (Å²) in [6, 6.07) is 9.80. The van der Waals surface area contributed by atoms with Crippen molar-refractivity contribution in [3.8, 4) is 11.5 Å². The molecule has 0 bridgehead atoms. The maximum Gasteiger partial charge on any atom is 0.305 e. The number of aryl methyl sites for hydroxylation is 1. The lowest BCUT2D eigenvalue weighted by molar-refractivity contribution is -0.384. The highest BCUT2D eigenvalue weighted by Gasteiger charge is 2.28. The number of unbranched alkanes of at least 4 members (excludes halogenated alkanes) is 1. The second-order valence-electron chi connectivity index (χ2n) is 7.83. The van der Waals surface area contributed by atoms with Crippen molar-refractivity contribution >= 4 is 11.7 Å². The van der Waals surface area contributed by atoms with E-state index in [2.05, 4.69) is 27.8 Å². The number of methoxy groups -OCH3 is 2. The van der Waals surface area contributed by atoms with E-state index in [4.69, 9.17) is 9.47 Å². The molecular formula is C23H28N6O6. The number of carboxylic acids is 1. The number of nitrogens with one attached hydrogen (secondary N) is 1. The zero-order valence-electron chi connectivity index (χ0n) is 19.7. The summed E-state index contributed by atoms with van der Waals surface area (Å²) in [6.45, 7) is 2.63. The van der Waals surface area contributed by atoms with E-state index in [9.17, 15) is 20.0 Å². The van der Waals surface area contributed by atoms with E-state index in [-0.39, 0.29) is 12.1 Å². The van der Waals surface area contributed by atoms with Crippen LogP contribution in [-0.4, -0.2) is 50.4 Å². The molecule has 1 aromatic heterocycles. The molecule has 0 aliphatic rings. The second-order valence-corrected chi connectivity index (χ2v) is 7.83. The second kappa shape index (κ2) is 11.9. The van der Waals surface area contributed by atoms with E-state index in [0.29, 0.717) is 35.0 Å². The number of benzene rings is 2. The molecule has 0 saturated carbocycles. The quantitative estimate of drug-likeness (QED) is 0.273. The summed E-state index contributed by atoms with van der Waals surface area (Å²) in [4.78, 5) is 22.5. The van der Waals surface area contributed by atoms with E-state index in [0.717, 1.165) is 12.8 Å². The third-order valence-corrected chi connectivity index (χ3v) is 5.51. The SMILES string of the molecule is CCCCn1nnnc1C(NC(CC(=O)O)c1cccc([N+](=O)[O-])c1)c1ccc(OC)c(OC)c1. The van der Waals surface area contributed by atoms with Crippen LogP contribution in [-0.2, 0) is 11.3 Å². The maximum atomic E-state index is 11.7. The summed E-state index contributed by atoms with van der Waals surface area (Å²) < 4.78 is 12.5. The topological polar surface area (TPSA) is 155 Å². The van der Waals surface area contributed by atoms with Crippen molar-refractivity contribution in [2.45, 2.75) is 44.8 Å². The summed E-state index contributed by atoms with van der Waals surface area (Å²) >= 11 is 0. The number of aliphatic carboxylic acids is 1.